The van der Waals surface area contributed by atoms with E-state index in [0.717, 1.165) is 18.9 Å². The Morgan fingerprint density at radius 2 is 1.56 bits per heavy atom. The second kappa shape index (κ2) is 10.8. The molecule has 0 radical (unpaired) electrons. The highest BCUT2D eigenvalue weighted by Crippen LogP contribution is 2.39. The first kappa shape index (κ1) is 26.5. The summed E-state index contributed by atoms with van der Waals surface area (Å²) in [6.07, 6.45) is -0.107. The predicted octanol–water partition coefficient (Wildman–Crippen LogP) is 7.78. The van der Waals surface area contributed by atoms with E-state index in [1.165, 1.54) is 6.07 Å². The fraction of sp³-hybridized carbons (Fsp3) is 0.462. The van der Waals surface area contributed by atoms with Crippen LogP contribution in [0, 0.1) is 35.1 Å². The van der Waals surface area contributed by atoms with E-state index in [1.54, 1.807) is 6.08 Å². The lowest BCUT2D eigenvalue weighted by Gasteiger charge is -2.35. The van der Waals surface area contributed by atoms with Crippen LogP contribution in [-0.2, 0) is 9.47 Å². The summed E-state index contributed by atoms with van der Waals surface area (Å²) in [5, 5.41) is 0. The molecule has 1 fully saturated rings. The molecule has 0 bridgehead atoms. The van der Waals surface area contributed by atoms with E-state index >= 15 is 0 Å². The normalized spacial score (nSPS) is 22.9. The Morgan fingerprint density at radius 1 is 0.944 bits per heavy atom. The Bertz CT molecular complexity index is 1100. The molecule has 1 atom stereocenters. The molecule has 0 aromatic heterocycles. The topological polar surface area (TPSA) is 27.7 Å². The third-order valence-corrected chi connectivity index (χ3v) is 6.48. The second-order valence-corrected chi connectivity index (χ2v) is 9.06. The van der Waals surface area contributed by atoms with Crippen molar-refractivity contribution in [3.63, 3.8) is 0 Å². The van der Waals surface area contributed by atoms with Gasteiger partial charge in [0.15, 0.2) is 29.6 Å². The van der Waals surface area contributed by atoms with Gasteiger partial charge in [-0.3, -0.25) is 0 Å². The molecule has 1 aliphatic carbocycles. The number of rotatable bonds is 6. The molecule has 0 N–H and O–H groups in total. The predicted molar refractivity (Wildman–Crippen MR) is 118 cm³/mol. The van der Waals surface area contributed by atoms with Crippen LogP contribution >= 0.6 is 0 Å². The zero-order chi connectivity index (χ0) is 26.0. The van der Waals surface area contributed by atoms with Gasteiger partial charge >= 0.3 is 6.36 Å². The highest BCUT2D eigenvalue weighted by atomic mass is 19.4. The molecule has 2 aliphatic rings. The Balaban J connectivity index is 1.50. The smallest absolute Gasteiger partial charge is 0.399 e. The van der Waals surface area contributed by atoms with Gasteiger partial charge in [-0.2, -0.15) is 0 Å². The van der Waals surface area contributed by atoms with Crippen molar-refractivity contribution in [1.82, 2.24) is 0 Å². The Hall–Kier alpha value is -2.59. The quantitative estimate of drug-likeness (QED) is 0.366. The maximum Gasteiger partial charge on any atom is 0.573 e. The van der Waals surface area contributed by atoms with Gasteiger partial charge < -0.3 is 14.2 Å². The molecular formula is C26H25F7O3. The highest BCUT2D eigenvalue weighted by molar-refractivity contribution is 5.72. The molecule has 2 aromatic carbocycles. The van der Waals surface area contributed by atoms with Crippen LogP contribution in [0.2, 0.25) is 0 Å². The summed E-state index contributed by atoms with van der Waals surface area (Å²) in [7, 11) is 0. The van der Waals surface area contributed by atoms with E-state index < -0.39 is 46.5 Å². The van der Waals surface area contributed by atoms with Gasteiger partial charge in [0.1, 0.15) is 0 Å². The maximum absolute atomic E-state index is 15.0. The van der Waals surface area contributed by atoms with Crippen molar-refractivity contribution in [2.45, 2.75) is 51.7 Å². The van der Waals surface area contributed by atoms with Gasteiger partial charge in [0, 0.05) is 23.0 Å². The highest BCUT2D eigenvalue weighted by Gasteiger charge is 2.35. The van der Waals surface area contributed by atoms with Crippen LogP contribution in [0.5, 0.6) is 5.75 Å². The van der Waals surface area contributed by atoms with E-state index in [-0.39, 0.29) is 17.8 Å². The van der Waals surface area contributed by atoms with E-state index in [4.69, 9.17) is 9.47 Å². The number of benzene rings is 2. The summed E-state index contributed by atoms with van der Waals surface area (Å²) in [6, 6.07) is 3.35. The SMILES string of the molecule is CCCC1COC(C2CC=C(c3ccc(-c4cc(F)c(OC(F)(F)F)c(F)c4)c(F)c3F)CC2)OC1. The minimum absolute atomic E-state index is 0.0150. The molecule has 1 saturated heterocycles. The van der Waals surface area contributed by atoms with Gasteiger partial charge in [0.2, 0.25) is 5.75 Å². The Labute approximate surface area is 203 Å². The number of ether oxygens (including phenoxy) is 3. The molecule has 2 aromatic rings. The fourth-order valence-electron chi connectivity index (χ4n) is 4.70. The van der Waals surface area contributed by atoms with Gasteiger partial charge in [0.25, 0.3) is 0 Å². The summed E-state index contributed by atoms with van der Waals surface area (Å²) >= 11 is 0. The zero-order valence-corrected chi connectivity index (χ0v) is 19.4. The van der Waals surface area contributed by atoms with Crippen LogP contribution in [0.25, 0.3) is 16.7 Å². The maximum atomic E-state index is 15.0. The average Bonchev–Trinajstić information content (AvgIpc) is 2.83. The molecular weight excluding hydrogens is 493 g/mol. The van der Waals surface area contributed by atoms with E-state index in [1.807, 2.05) is 0 Å². The van der Waals surface area contributed by atoms with Crippen LogP contribution in [0.1, 0.15) is 44.6 Å². The van der Waals surface area contributed by atoms with Crippen LogP contribution in [-0.4, -0.2) is 25.9 Å². The molecule has 10 heteroatoms. The van der Waals surface area contributed by atoms with Crippen molar-refractivity contribution < 1.29 is 44.9 Å². The second-order valence-electron chi connectivity index (χ2n) is 9.06. The van der Waals surface area contributed by atoms with Gasteiger partial charge in [-0.1, -0.05) is 31.6 Å². The third kappa shape index (κ3) is 5.86. The molecule has 36 heavy (non-hydrogen) atoms. The Kier molecular flexibility index (Phi) is 7.94. The zero-order valence-electron chi connectivity index (χ0n) is 19.4. The molecule has 0 saturated carbocycles. The van der Waals surface area contributed by atoms with Crippen molar-refractivity contribution in [2.24, 2.45) is 11.8 Å². The van der Waals surface area contributed by atoms with E-state index in [9.17, 15) is 30.7 Å². The van der Waals surface area contributed by atoms with Gasteiger partial charge in [-0.05, 0) is 49.0 Å². The molecule has 1 unspecified atom stereocenters. The molecule has 0 spiro atoms. The first-order valence-corrected chi connectivity index (χ1v) is 11.7. The number of alkyl halides is 3. The van der Waals surface area contributed by atoms with Crippen LogP contribution in [0.4, 0.5) is 30.7 Å². The molecule has 4 rings (SSSR count). The van der Waals surface area contributed by atoms with Gasteiger partial charge in [0.05, 0.1) is 13.2 Å². The lowest BCUT2D eigenvalue weighted by Crippen LogP contribution is -2.37. The minimum atomic E-state index is -5.32. The third-order valence-electron chi connectivity index (χ3n) is 6.48. The van der Waals surface area contributed by atoms with Crippen molar-refractivity contribution in [3.8, 4) is 16.9 Å². The summed E-state index contributed by atoms with van der Waals surface area (Å²) in [5.74, 6) is -7.15. The van der Waals surface area contributed by atoms with Gasteiger partial charge in [-0.25, -0.2) is 17.6 Å². The average molecular weight is 518 g/mol. The van der Waals surface area contributed by atoms with Gasteiger partial charge in [-0.15, -0.1) is 13.2 Å². The van der Waals surface area contributed by atoms with Crippen molar-refractivity contribution in [3.05, 3.63) is 59.2 Å². The number of hydrogen-bond acceptors (Lipinski definition) is 3. The number of allylic oxidation sites excluding steroid dienone is 2. The lowest BCUT2D eigenvalue weighted by atomic mass is 9.85. The minimum Gasteiger partial charge on any atom is -0.399 e. The first-order valence-electron chi connectivity index (χ1n) is 11.7. The molecule has 1 aliphatic heterocycles. The standard InChI is InChI=1S/C26H25F7O3/c1-2-3-14-12-34-25(35-13-14)16-6-4-15(5-7-16)18-8-9-19(23(30)22(18)29)17-10-20(27)24(21(28)11-17)36-26(31,32)33/h4,8-11,14,16,25H,2-3,5-7,12-13H2,1H3. The largest absolute Gasteiger partial charge is 0.573 e. The molecule has 196 valence electrons. The number of halogens is 7. The van der Waals surface area contributed by atoms with E-state index in [2.05, 4.69) is 11.7 Å². The summed E-state index contributed by atoms with van der Waals surface area (Å²) in [5.41, 5.74) is -0.359. The van der Waals surface area contributed by atoms with Crippen molar-refractivity contribution in [1.29, 1.82) is 0 Å². The summed E-state index contributed by atoms with van der Waals surface area (Å²) in [6.45, 7) is 3.38. The Morgan fingerprint density at radius 3 is 2.11 bits per heavy atom. The monoisotopic (exact) mass is 518 g/mol. The molecule has 1 heterocycles. The van der Waals surface area contributed by atoms with Crippen molar-refractivity contribution >= 4 is 5.57 Å². The summed E-state index contributed by atoms with van der Waals surface area (Å²) in [4.78, 5) is 0. The lowest BCUT2D eigenvalue weighted by molar-refractivity contribution is -0.276. The van der Waals surface area contributed by atoms with Crippen LogP contribution < -0.4 is 4.74 Å². The molecule has 0 amide bonds. The number of hydrogen-bond donors (Lipinski definition) is 0. The summed E-state index contributed by atoms with van der Waals surface area (Å²) < 4.78 is 110. The molecule has 3 nitrogen and oxygen atoms in total. The van der Waals surface area contributed by atoms with E-state index in [0.29, 0.717) is 56.1 Å². The van der Waals surface area contributed by atoms with Crippen LogP contribution in [0.15, 0.2) is 30.3 Å². The van der Waals surface area contributed by atoms with Crippen LogP contribution in [0.3, 0.4) is 0 Å². The fourth-order valence-corrected chi connectivity index (χ4v) is 4.70. The first-order chi connectivity index (χ1) is 17.1. The van der Waals surface area contributed by atoms with Crippen molar-refractivity contribution in [2.75, 3.05) is 13.2 Å².